The number of amides is 2. The van der Waals surface area contributed by atoms with Crippen molar-refractivity contribution in [3.63, 3.8) is 0 Å². The molecule has 0 unspecified atom stereocenters. The van der Waals surface area contributed by atoms with Gasteiger partial charge in [-0.05, 0) is 24.3 Å². The normalized spacial score (nSPS) is 10.8. The molecule has 4 aromatic rings. The number of hydrogen-bond donors (Lipinski definition) is 3. The molecule has 0 saturated heterocycles. The summed E-state index contributed by atoms with van der Waals surface area (Å²) in [6.07, 6.45) is 0. The van der Waals surface area contributed by atoms with Gasteiger partial charge in [0.25, 0.3) is 0 Å². The first-order chi connectivity index (χ1) is 12.6. The van der Waals surface area contributed by atoms with Crippen molar-refractivity contribution >= 4 is 55.5 Å². The lowest BCUT2D eigenvalue weighted by molar-refractivity contribution is -0.136. The Labute approximate surface area is 151 Å². The number of aromatic nitrogens is 3. The van der Waals surface area contributed by atoms with E-state index in [-0.39, 0.29) is 0 Å². The molecule has 0 atom stereocenters. The molecule has 0 bridgehead atoms. The highest BCUT2D eigenvalue weighted by atomic mass is 32.1. The van der Waals surface area contributed by atoms with Crippen molar-refractivity contribution < 1.29 is 9.59 Å². The third-order valence-electron chi connectivity index (χ3n) is 3.68. The molecule has 3 N–H and O–H groups in total. The largest absolute Gasteiger partial charge is 0.328 e. The molecule has 2 aromatic heterocycles. The number of H-pyrrole nitrogens is 1. The Morgan fingerprint density at radius 2 is 1.73 bits per heavy atom. The van der Waals surface area contributed by atoms with E-state index in [1.807, 2.05) is 48.5 Å². The number of nitrogens with one attached hydrogen (secondary N) is 3. The highest BCUT2D eigenvalue weighted by Crippen LogP contribution is 2.25. The van der Waals surface area contributed by atoms with Crippen LogP contribution in [0.4, 0.5) is 11.1 Å². The predicted octanol–water partition coefficient (Wildman–Crippen LogP) is 2.28. The molecule has 26 heavy (non-hydrogen) atoms. The first-order valence-electron chi connectivity index (χ1n) is 7.76. The van der Waals surface area contributed by atoms with E-state index in [4.69, 9.17) is 0 Å². The average molecular weight is 366 g/mol. The number of hydrogen-bond acceptors (Lipinski definition) is 6. The van der Waals surface area contributed by atoms with Gasteiger partial charge >= 0.3 is 11.8 Å². The average Bonchev–Trinajstić information content (AvgIpc) is 3.24. The van der Waals surface area contributed by atoms with Crippen LogP contribution in [-0.2, 0) is 9.59 Å². The van der Waals surface area contributed by atoms with Crippen molar-refractivity contribution in [1.29, 1.82) is 0 Å². The van der Waals surface area contributed by atoms with E-state index >= 15 is 0 Å². The van der Waals surface area contributed by atoms with Crippen molar-refractivity contribution in [2.75, 3.05) is 17.4 Å². The second-order valence-corrected chi connectivity index (χ2v) is 6.55. The van der Waals surface area contributed by atoms with Crippen molar-refractivity contribution in [2.45, 2.75) is 0 Å². The molecular weight excluding hydrogens is 352 g/mol. The van der Waals surface area contributed by atoms with Gasteiger partial charge < -0.3 is 4.98 Å². The highest BCUT2D eigenvalue weighted by molar-refractivity contribution is 7.22. The van der Waals surface area contributed by atoms with Gasteiger partial charge in [0.1, 0.15) is 0 Å². The first kappa shape index (κ1) is 16.0. The number of fused-ring (bicyclic) bond motifs is 2. The minimum atomic E-state index is -0.813. The van der Waals surface area contributed by atoms with Crippen LogP contribution in [0, 0.1) is 0 Å². The number of nitrogens with zero attached hydrogens (tertiary/aromatic N) is 3. The second kappa shape index (κ2) is 6.45. The maximum atomic E-state index is 12.1. The fraction of sp³-hybridized carbons (Fsp3) is 0.0588. The molecule has 0 saturated carbocycles. The Balaban J connectivity index is 1.43. The summed E-state index contributed by atoms with van der Waals surface area (Å²) in [5.74, 6) is -1.19. The summed E-state index contributed by atoms with van der Waals surface area (Å²) in [6.45, 7) is 0. The third-order valence-corrected chi connectivity index (χ3v) is 4.64. The quantitative estimate of drug-likeness (QED) is 0.381. The number of anilines is 2. The van der Waals surface area contributed by atoms with Crippen LogP contribution in [0.1, 0.15) is 0 Å². The van der Waals surface area contributed by atoms with Gasteiger partial charge in [0.05, 0.1) is 21.3 Å². The van der Waals surface area contributed by atoms with Crippen LogP contribution >= 0.6 is 11.3 Å². The monoisotopic (exact) mass is 366 g/mol. The van der Waals surface area contributed by atoms with E-state index in [0.717, 1.165) is 21.3 Å². The van der Waals surface area contributed by atoms with Gasteiger partial charge in [-0.15, -0.1) is 0 Å². The maximum absolute atomic E-state index is 12.1. The minimum absolute atomic E-state index is 0.373. The lowest BCUT2D eigenvalue weighted by atomic mass is 10.3. The van der Waals surface area contributed by atoms with Crippen LogP contribution in [0.2, 0.25) is 0 Å². The molecule has 0 radical (unpaired) electrons. The van der Waals surface area contributed by atoms with Crippen LogP contribution in [0.25, 0.3) is 21.3 Å². The van der Waals surface area contributed by atoms with Crippen LogP contribution in [-0.4, -0.2) is 33.8 Å². The van der Waals surface area contributed by atoms with Crippen LogP contribution in [0.15, 0.2) is 48.5 Å². The van der Waals surface area contributed by atoms with Gasteiger partial charge in [-0.2, -0.15) is 0 Å². The zero-order valence-corrected chi connectivity index (χ0v) is 14.5. The van der Waals surface area contributed by atoms with Crippen LogP contribution < -0.4 is 15.8 Å². The molecule has 0 fully saturated rings. The number of carbonyl (C=O) groups is 2. The number of imidazole rings is 1. The SMILES string of the molecule is CN(NC(=O)C(=O)Nc1nc2ccccc2s1)c1nc2ccccc2[nH]1. The van der Waals surface area contributed by atoms with Crippen LogP contribution in [0.3, 0.4) is 0 Å². The van der Waals surface area contributed by atoms with Gasteiger partial charge in [-0.3, -0.25) is 25.3 Å². The standard InChI is InChI=1S/C17H14N6O2S/c1-23(16-18-10-6-2-3-7-11(10)19-16)22-15(25)14(24)21-17-20-12-8-4-5-9-13(12)26-17/h2-9H,1H3,(H,18,19)(H,22,25)(H,20,21,24). The number of aromatic amines is 1. The lowest BCUT2D eigenvalue weighted by Crippen LogP contribution is -2.45. The summed E-state index contributed by atoms with van der Waals surface area (Å²) in [6, 6.07) is 15.0. The topological polar surface area (TPSA) is 103 Å². The van der Waals surface area contributed by atoms with E-state index < -0.39 is 11.8 Å². The number of para-hydroxylation sites is 3. The Morgan fingerprint density at radius 3 is 2.50 bits per heavy atom. The van der Waals surface area contributed by atoms with Gasteiger partial charge in [0.2, 0.25) is 5.95 Å². The summed E-state index contributed by atoms with van der Waals surface area (Å²) in [5, 5.41) is 4.25. The summed E-state index contributed by atoms with van der Waals surface area (Å²) >= 11 is 1.31. The smallest absolute Gasteiger partial charge is 0.323 e. The van der Waals surface area contributed by atoms with Gasteiger partial charge in [-0.1, -0.05) is 35.6 Å². The van der Waals surface area contributed by atoms with Gasteiger partial charge in [-0.25, -0.2) is 9.97 Å². The Kier molecular flexibility index (Phi) is 3.98. The highest BCUT2D eigenvalue weighted by Gasteiger charge is 2.18. The Hall–Kier alpha value is -3.46. The van der Waals surface area contributed by atoms with Crippen molar-refractivity contribution in [3.05, 3.63) is 48.5 Å². The Morgan fingerprint density at radius 1 is 1.00 bits per heavy atom. The summed E-state index contributed by atoms with van der Waals surface area (Å²) in [5.41, 5.74) is 4.85. The van der Waals surface area contributed by atoms with Gasteiger partial charge in [0.15, 0.2) is 5.13 Å². The van der Waals surface area contributed by atoms with Crippen molar-refractivity contribution in [2.24, 2.45) is 0 Å². The lowest BCUT2D eigenvalue weighted by Gasteiger charge is -2.16. The molecule has 2 aromatic carbocycles. The number of carbonyl (C=O) groups excluding carboxylic acids is 2. The molecular formula is C17H14N6O2S. The van der Waals surface area contributed by atoms with Crippen molar-refractivity contribution in [3.8, 4) is 0 Å². The van der Waals surface area contributed by atoms with Crippen molar-refractivity contribution in [1.82, 2.24) is 20.4 Å². The first-order valence-corrected chi connectivity index (χ1v) is 8.58. The number of thiazole rings is 1. The molecule has 2 heterocycles. The molecule has 4 rings (SSSR count). The number of rotatable bonds is 3. The zero-order valence-electron chi connectivity index (χ0n) is 13.7. The number of hydrazine groups is 1. The number of benzene rings is 2. The van der Waals surface area contributed by atoms with E-state index in [9.17, 15) is 9.59 Å². The molecule has 0 spiro atoms. The molecule has 0 aliphatic carbocycles. The third kappa shape index (κ3) is 3.07. The Bertz CT molecular complexity index is 1050. The minimum Gasteiger partial charge on any atom is -0.323 e. The molecule has 0 aliphatic heterocycles. The molecule has 2 amide bonds. The summed E-state index contributed by atoms with van der Waals surface area (Å²) in [4.78, 5) is 35.9. The predicted molar refractivity (Wildman–Crippen MR) is 101 cm³/mol. The molecule has 9 heteroatoms. The second-order valence-electron chi connectivity index (χ2n) is 5.52. The fourth-order valence-electron chi connectivity index (χ4n) is 2.43. The van der Waals surface area contributed by atoms with E-state index in [0.29, 0.717) is 11.1 Å². The maximum Gasteiger partial charge on any atom is 0.328 e. The van der Waals surface area contributed by atoms with E-state index in [1.165, 1.54) is 16.3 Å². The fourth-order valence-corrected chi connectivity index (χ4v) is 3.29. The molecule has 8 nitrogen and oxygen atoms in total. The van der Waals surface area contributed by atoms with E-state index in [1.54, 1.807) is 7.05 Å². The van der Waals surface area contributed by atoms with E-state index in [2.05, 4.69) is 25.7 Å². The van der Waals surface area contributed by atoms with Gasteiger partial charge in [0, 0.05) is 7.05 Å². The zero-order chi connectivity index (χ0) is 18.1. The van der Waals surface area contributed by atoms with Crippen LogP contribution in [0.5, 0.6) is 0 Å². The molecule has 0 aliphatic rings. The summed E-state index contributed by atoms with van der Waals surface area (Å²) in [7, 11) is 1.60. The molecule has 130 valence electrons. The summed E-state index contributed by atoms with van der Waals surface area (Å²) < 4.78 is 0.933.